The van der Waals surface area contributed by atoms with E-state index in [0.29, 0.717) is 23.4 Å². The summed E-state index contributed by atoms with van der Waals surface area (Å²) in [6.45, 7) is 0.225. The lowest BCUT2D eigenvalue weighted by Crippen LogP contribution is -1.93. The molecular weight excluding hydrogens is 218 g/mol. The van der Waals surface area contributed by atoms with Crippen molar-refractivity contribution in [3.8, 4) is 11.8 Å². The molecular formula is C13H9NO3. The Hall–Kier alpha value is -2.54. The normalized spacial score (nSPS) is 9.59. The van der Waals surface area contributed by atoms with Crippen LogP contribution in [0.4, 0.5) is 0 Å². The molecule has 1 aromatic carbocycles. The fraction of sp³-hybridized carbons (Fsp3) is 0.0769. The first-order valence-electron chi connectivity index (χ1n) is 4.98. The van der Waals surface area contributed by atoms with E-state index in [1.807, 2.05) is 6.07 Å². The Morgan fingerprint density at radius 2 is 2.24 bits per heavy atom. The van der Waals surface area contributed by atoms with Crippen LogP contribution in [-0.4, -0.2) is 6.29 Å². The fourth-order valence-electron chi connectivity index (χ4n) is 1.35. The predicted molar refractivity (Wildman–Crippen MR) is 59.6 cm³/mol. The topological polar surface area (TPSA) is 63.2 Å². The molecule has 84 valence electrons. The summed E-state index contributed by atoms with van der Waals surface area (Å²) in [5.41, 5.74) is 0.538. The second-order valence-electron chi connectivity index (χ2n) is 3.35. The van der Waals surface area contributed by atoms with Gasteiger partial charge < -0.3 is 9.15 Å². The van der Waals surface area contributed by atoms with E-state index in [0.717, 1.165) is 0 Å². The van der Waals surface area contributed by atoms with Crippen LogP contribution in [0.3, 0.4) is 0 Å². The van der Waals surface area contributed by atoms with E-state index < -0.39 is 0 Å². The lowest BCUT2D eigenvalue weighted by atomic mass is 10.2. The number of nitrogens with zero attached hydrogens (tertiary/aromatic N) is 1. The standard InChI is InChI=1S/C13H9NO3/c14-7-10-2-1-3-11(6-10)16-9-13-5-4-12(8-15)17-13/h1-6,8H,9H2. The monoisotopic (exact) mass is 227 g/mol. The Balaban J connectivity index is 2.02. The summed E-state index contributed by atoms with van der Waals surface area (Å²) in [5.74, 6) is 1.43. The summed E-state index contributed by atoms with van der Waals surface area (Å²) in [5, 5.41) is 8.72. The van der Waals surface area contributed by atoms with Gasteiger partial charge >= 0.3 is 0 Å². The van der Waals surface area contributed by atoms with Crippen molar-refractivity contribution < 1.29 is 13.9 Å². The quantitative estimate of drug-likeness (QED) is 0.753. The van der Waals surface area contributed by atoms with Crippen molar-refractivity contribution in [3.63, 3.8) is 0 Å². The Labute approximate surface area is 98.0 Å². The zero-order valence-corrected chi connectivity index (χ0v) is 8.92. The highest BCUT2D eigenvalue weighted by molar-refractivity contribution is 5.70. The van der Waals surface area contributed by atoms with Crippen molar-refractivity contribution in [1.82, 2.24) is 0 Å². The second-order valence-corrected chi connectivity index (χ2v) is 3.35. The van der Waals surface area contributed by atoms with Crippen LogP contribution in [0.25, 0.3) is 0 Å². The molecule has 0 saturated carbocycles. The molecule has 0 spiro atoms. The van der Waals surface area contributed by atoms with Crippen molar-refractivity contribution in [1.29, 1.82) is 5.26 Å². The van der Waals surface area contributed by atoms with Crippen molar-refractivity contribution in [2.75, 3.05) is 0 Å². The molecule has 0 fully saturated rings. The van der Waals surface area contributed by atoms with Crippen LogP contribution in [0.5, 0.6) is 5.75 Å². The third-order valence-corrected chi connectivity index (χ3v) is 2.14. The van der Waals surface area contributed by atoms with Gasteiger partial charge in [-0.3, -0.25) is 4.79 Å². The molecule has 0 saturated heterocycles. The summed E-state index contributed by atoms with van der Waals surface area (Å²) in [6.07, 6.45) is 0.639. The van der Waals surface area contributed by atoms with E-state index >= 15 is 0 Å². The molecule has 4 nitrogen and oxygen atoms in total. The van der Waals surface area contributed by atoms with E-state index in [1.54, 1.807) is 36.4 Å². The van der Waals surface area contributed by atoms with Crippen molar-refractivity contribution in [2.45, 2.75) is 6.61 Å². The van der Waals surface area contributed by atoms with E-state index in [2.05, 4.69) is 0 Å². The maximum Gasteiger partial charge on any atom is 0.185 e. The summed E-state index contributed by atoms with van der Waals surface area (Å²) in [4.78, 5) is 10.4. The van der Waals surface area contributed by atoms with Gasteiger partial charge in [-0.25, -0.2) is 0 Å². The molecule has 0 unspecified atom stereocenters. The number of ether oxygens (including phenoxy) is 1. The highest BCUT2D eigenvalue weighted by atomic mass is 16.5. The largest absolute Gasteiger partial charge is 0.486 e. The maximum atomic E-state index is 10.4. The first kappa shape index (κ1) is 11.0. The van der Waals surface area contributed by atoms with Crippen molar-refractivity contribution >= 4 is 6.29 Å². The first-order valence-corrected chi connectivity index (χ1v) is 4.98. The molecule has 0 N–H and O–H groups in total. The summed E-state index contributed by atoms with van der Waals surface area (Å²) in [7, 11) is 0. The number of hydrogen-bond acceptors (Lipinski definition) is 4. The minimum absolute atomic E-state index is 0.225. The number of rotatable bonds is 4. The molecule has 0 bridgehead atoms. The van der Waals surface area contributed by atoms with Crippen LogP contribution in [0.2, 0.25) is 0 Å². The highest BCUT2D eigenvalue weighted by Gasteiger charge is 2.02. The number of hydrogen-bond donors (Lipinski definition) is 0. The van der Waals surface area contributed by atoms with Crippen LogP contribution in [0.1, 0.15) is 21.9 Å². The number of aldehydes is 1. The van der Waals surface area contributed by atoms with Gasteiger partial charge in [0.2, 0.25) is 0 Å². The number of furan rings is 1. The van der Waals surface area contributed by atoms with Crippen LogP contribution in [-0.2, 0) is 6.61 Å². The molecule has 1 heterocycles. The maximum absolute atomic E-state index is 10.4. The van der Waals surface area contributed by atoms with Crippen LogP contribution >= 0.6 is 0 Å². The molecule has 1 aromatic heterocycles. The van der Waals surface area contributed by atoms with Gasteiger partial charge in [-0.1, -0.05) is 6.07 Å². The lowest BCUT2D eigenvalue weighted by Gasteiger charge is -2.03. The zero-order chi connectivity index (χ0) is 12.1. The smallest absolute Gasteiger partial charge is 0.185 e. The number of nitriles is 1. The number of carbonyl (C=O) groups is 1. The van der Waals surface area contributed by atoms with Gasteiger partial charge in [-0.2, -0.15) is 5.26 Å². The van der Waals surface area contributed by atoms with E-state index in [1.165, 1.54) is 0 Å². The second kappa shape index (κ2) is 4.99. The molecule has 2 rings (SSSR count). The molecule has 0 amide bonds. The van der Waals surface area contributed by atoms with Gasteiger partial charge in [0, 0.05) is 0 Å². The fourth-order valence-corrected chi connectivity index (χ4v) is 1.35. The number of carbonyl (C=O) groups excluding carboxylic acids is 1. The van der Waals surface area contributed by atoms with Crippen molar-refractivity contribution in [3.05, 3.63) is 53.5 Å². The van der Waals surface area contributed by atoms with Gasteiger partial charge in [-0.05, 0) is 30.3 Å². The van der Waals surface area contributed by atoms with E-state index in [-0.39, 0.29) is 12.4 Å². The van der Waals surface area contributed by atoms with Gasteiger partial charge in [-0.15, -0.1) is 0 Å². The van der Waals surface area contributed by atoms with Gasteiger partial charge in [0.05, 0.1) is 11.6 Å². The summed E-state index contributed by atoms with van der Waals surface area (Å²) >= 11 is 0. The molecule has 0 aliphatic heterocycles. The lowest BCUT2D eigenvalue weighted by molar-refractivity contribution is 0.109. The average Bonchev–Trinajstić information content (AvgIpc) is 2.84. The third kappa shape index (κ3) is 2.73. The van der Waals surface area contributed by atoms with Gasteiger partial charge in [0.1, 0.15) is 18.1 Å². The zero-order valence-electron chi connectivity index (χ0n) is 8.92. The third-order valence-electron chi connectivity index (χ3n) is 2.14. The molecule has 0 radical (unpaired) electrons. The Morgan fingerprint density at radius 3 is 2.94 bits per heavy atom. The molecule has 0 aliphatic carbocycles. The Bertz CT molecular complexity index is 566. The average molecular weight is 227 g/mol. The summed E-state index contributed by atoms with van der Waals surface area (Å²) < 4.78 is 10.6. The van der Waals surface area contributed by atoms with E-state index in [9.17, 15) is 4.79 Å². The minimum Gasteiger partial charge on any atom is -0.486 e. The molecule has 0 atom stereocenters. The molecule has 2 aromatic rings. The number of benzene rings is 1. The molecule has 4 heteroatoms. The van der Waals surface area contributed by atoms with Crippen LogP contribution < -0.4 is 4.74 Å². The van der Waals surface area contributed by atoms with Crippen molar-refractivity contribution in [2.24, 2.45) is 0 Å². The molecule has 0 aliphatic rings. The minimum atomic E-state index is 0.225. The van der Waals surface area contributed by atoms with Crippen LogP contribution in [0.15, 0.2) is 40.8 Å². The first-order chi connectivity index (χ1) is 8.31. The predicted octanol–water partition coefficient (Wildman–Crippen LogP) is 2.54. The SMILES string of the molecule is N#Cc1cccc(OCc2ccc(C=O)o2)c1. The molecule has 17 heavy (non-hydrogen) atoms. The Morgan fingerprint density at radius 1 is 1.35 bits per heavy atom. The Kier molecular flexibility index (Phi) is 3.22. The van der Waals surface area contributed by atoms with E-state index in [4.69, 9.17) is 14.4 Å². The van der Waals surface area contributed by atoms with Gasteiger partial charge in [0.15, 0.2) is 12.0 Å². The van der Waals surface area contributed by atoms with Crippen LogP contribution in [0, 0.1) is 11.3 Å². The highest BCUT2D eigenvalue weighted by Crippen LogP contribution is 2.15. The summed E-state index contributed by atoms with van der Waals surface area (Å²) in [6, 6.07) is 12.1. The van der Waals surface area contributed by atoms with Gasteiger partial charge in [0.25, 0.3) is 0 Å².